The average Bonchev–Trinajstić information content (AvgIpc) is 2.71. The van der Waals surface area contributed by atoms with E-state index in [1.807, 2.05) is 0 Å². The molecule has 0 saturated carbocycles. The molecule has 0 aromatic heterocycles. The molecular formula is C32H40N2. The first-order valence-corrected chi connectivity index (χ1v) is 12.6. The topological polar surface area (TPSA) is 24.1 Å². The molecule has 0 aliphatic carbocycles. The summed E-state index contributed by atoms with van der Waals surface area (Å²) in [4.78, 5) is 0. The highest BCUT2D eigenvalue weighted by Crippen LogP contribution is 2.53. The molecule has 0 unspecified atom stereocenters. The summed E-state index contributed by atoms with van der Waals surface area (Å²) < 4.78 is 0. The van der Waals surface area contributed by atoms with Gasteiger partial charge in [0, 0.05) is 33.6 Å². The number of nitrogens with one attached hydrogen (secondary N) is 2. The second-order valence-corrected chi connectivity index (χ2v) is 13.5. The molecule has 2 aliphatic rings. The fourth-order valence-electron chi connectivity index (χ4n) is 5.69. The van der Waals surface area contributed by atoms with Crippen LogP contribution in [0.3, 0.4) is 0 Å². The Balaban J connectivity index is 1.66. The number of benzene rings is 3. The lowest BCUT2D eigenvalue weighted by Gasteiger charge is -2.41. The van der Waals surface area contributed by atoms with Gasteiger partial charge in [0.2, 0.25) is 0 Å². The van der Waals surface area contributed by atoms with Crippen LogP contribution in [-0.4, -0.2) is 0 Å². The molecule has 0 radical (unpaired) electrons. The number of fused-ring (bicyclic) bond motifs is 4. The van der Waals surface area contributed by atoms with Crippen molar-refractivity contribution in [2.75, 3.05) is 10.6 Å². The molecule has 3 aromatic carbocycles. The van der Waals surface area contributed by atoms with E-state index in [-0.39, 0.29) is 21.7 Å². The third-order valence-corrected chi connectivity index (χ3v) is 8.16. The van der Waals surface area contributed by atoms with Crippen molar-refractivity contribution >= 4 is 22.7 Å². The smallest absolute Gasteiger partial charge is 0.0446 e. The Morgan fingerprint density at radius 3 is 1.18 bits per heavy atom. The van der Waals surface area contributed by atoms with Crippen LogP contribution in [0.4, 0.5) is 22.7 Å². The highest BCUT2D eigenvalue weighted by atomic mass is 14.9. The summed E-state index contributed by atoms with van der Waals surface area (Å²) in [6.07, 6.45) is 0. The zero-order valence-corrected chi connectivity index (χ0v) is 22.6. The van der Waals surface area contributed by atoms with Crippen molar-refractivity contribution in [2.45, 2.75) is 90.9 Å². The molecule has 0 fully saturated rings. The molecule has 0 bridgehead atoms. The number of hydrogen-bond acceptors (Lipinski definition) is 2. The number of anilines is 4. The fraction of sp³-hybridized carbons (Fsp3) is 0.438. The minimum atomic E-state index is -0.0875. The minimum Gasteiger partial charge on any atom is -0.355 e. The van der Waals surface area contributed by atoms with Gasteiger partial charge in [0.1, 0.15) is 0 Å². The third kappa shape index (κ3) is 3.37. The molecule has 2 heteroatoms. The van der Waals surface area contributed by atoms with Gasteiger partial charge in [-0.1, -0.05) is 93.5 Å². The second kappa shape index (κ2) is 6.90. The summed E-state index contributed by atoms with van der Waals surface area (Å²) in [5.74, 6) is 0. The van der Waals surface area contributed by atoms with Crippen LogP contribution in [0.15, 0.2) is 48.5 Å². The van der Waals surface area contributed by atoms with Crippen LogP contribution in [0.5, 0.6) is 0 Å². The van der Waals surface area contributed by atoms with Crippen LogP contribution in [0.2, 0.25) is 0 Å². The van der Waals surface area contributed by atoms with Gasteiger partial charge in [-0.3, -0.25) is 0 Å². The van der Waals surface area contributed by atoms with Gasteiger partial charge >= 0.3 is 0 Å². The van der Waals surface area contributed by atoms with Gasteiger partial charge in [0.15, 0.2) is 0 Å². The summed E-state index contributed by atoms with van der Waals surface area (Å²) in [7, 11) is 0. The van der Waals surface area contributed by atoms with Crippen molar-refractivity contribution in [1.29, 1.82) is 0 Å². The zero-order valence-electron chi connectivity index (χ0n) is 22.6. The van der Waals surface area contributed by atoms with Gasteiger partial charge < -0.3 is 10.6 Å². The Kier molecular flexibility index (Phi) is 4.67. The summed E-state index contributed by atoms with van der Waals surface area (Å²) in [5, 5.41) is 7.53. The van der Waals surface area contributed by atoms with Gasteiger partial charge in [-0.25, -0.2) is 0 Å². The number of hydrogen-bond donors (Lipinski definition) is 2. The first-order valence-electron chi connectivity index (χ1n) is 12.6. The van der Waals surface area contributed by atoms with Crippen LogP contribution in [0.25, 0.3) is 0 Å². The second-order valence-electron chi connectivity index (χ2n) is 13.5. The Labute approximate surface area is 206 Å². The van der Waals surface area contributed by atoms with E-state index in [0.717, 1.165) is 0 Å². The maximum atomic E-state index is 3.77. The predicted molar refractivity (Wildman–Crippen MR) is 148 cm³/mol. The lowest BCUT2D eigenvalue weighted by Crippen LogP contribution is -2.31. The molecule has 34 heavy (non-hydrogen) atoms. The van der Waals surface area contributed by atoms with Crippen LogP contribution >= 0.6 is 0 Å². The van der Waals surface area contributed by atoms with Crippen molar-refractivity contribution in [1.82, 2.24) is 0 Å². The third-order valence-electron chi connectivity index (χ3n) is 8.16. The maximum Gasteiger partial charge on any atom is 0.0446 e. The standard InChI is InChI=1S/C32H40N2/c1-29(2,3)19-11-13-25-21(15-19)31(7,8)23-17-24-28(18-27(23)33-25)34-26-14-12-20(30(4,5)6)16-22(26)32(24,9)10/h11-18,33-34H,1-10H3. The summed E-state index contributed by atoms with van der Waals surface area (Å²) >= 11 is 0. The van der Waals surface area contributed by atoms with Crippen LogP contribution in [0.1, 0.15) is 103 Å². The molecule has 0 saturated heterocycles. The SMILES string of the molecule is CC(C)(C)c1ccc2c(c1)C(C)(C)c1cc3c(cc1N2)Nc1ccc(C(C)(C)C)cc1C3(C)C. The predicted octanol–water partition coefficient (Wildman–Crippen LogP) is 9.05. The molecule has 0 atom stereocenters. The zero-order chi connectivity index (χ0) is 24.8. The van der Waals surface area contributed by atoms with Gasteiger partial charge in [-0.15, -0.1) is 0 Å². The van der Waals surface area contributed by atoms with Gasteiger partial charge in [-0.05, 0) is 68.5 Å². The average molecular weight is 453 g/mol. The summed E-state index contributed by atoms with van der Waals surface area (Å²) in [5.41, 5.74) is 13.2. The lowest BCUT2D eigenvalue weighted by molar-refractivity contribution is 0.578. The molecular weight excluding hydrogens is 412 g/mol. The van der Waals surface area contributed by atoms with E-state index >= 15 is 0 Å². The van der Waals surface area contributed by atoms with E-state index in [2.05, 4.69) is 128 Å². The van der Waals surface area contributed by atoms with Gasteiger partial charge in [-0.2, -0.15) is 0 Å². The Morgan fingerprint density at radius 2 is 0.824 bits per heavy atom. The van der Waals surface area contributed by atoms with Crippen molar-refractivity contribution in [2.24, 2.45) is 0 Å². The van der Waals surface area contributed by atoms with Crippen LogP contribution < -0.4 is 10.6 Å². The van der Waals surface area contributed by atoms with E-state index in [0.29, 0.717) is 0 Å². The van der Waals surface area contributed by atoms with E-state index in [1.165, 1.54) is 56.1 Å². The van der Waals surface area contributed by atoms with E-state index < -0.39 is 0 Å². The summed E-state index contributed by atoms with van der Waals surface area (Å²) in [6, 6.07) is 18.7. The van der Waals surface area contributed by atoms with Gasteiger partial charge in [0.05, 0.1) is 0 Å². The van der Waals surface area contributed by atoms with E-state index in [4.69, 9.17) is 0 Å². The largest absolute Gasteiger partial charge is 0.355 e. The molecule has 2 heterocycles. The lowest BCUT2D eigenvalue weighted by atomic mass is 9.68. The van der Waals surface area contributed by atoms with E-state index in [9.17, 15) is 0 Å². The molecule has 0 amide bonds. The molecule has 3 aromatic rings. The fourth-order valence-corrected chi connectivity index (χ4v) is 5.69. The molecule has 5 rings (SSSR count). The van der Waals surface area contributed by atoms with Gasteiger partial charge in [0.25, 0.3) is 0 Å². The molecule has 0 spiro atoms. The van der Waals surface area contributed by atoms with Crippen molar-refractivity contribution in [3.63, 3.8) is 0 Å². The van der Waals surface area contributed by atoms with E-state index in [1.54, 1.807) is 0 Å². The Hall–Kier alpha value is -2.74. The molecule has 2 aliphatic heterocycles. The minimum absolute atomic E-state index is 0.0875. The molecule has 178 valence electrons. The van der Waals surface area contributed by atoms with Crippen molar-refractivity contribution < 1.29 is 0 Å². The first-order chi connectivity index (χ1) is 15.6. The van der Waals surface area contributed by atoms with Crippen molar-refractivity contribution in [3.05, 3.63) is 81.9 Å². The quantitative estimate of drug-likeness (QED) is 0.355. The first kappa shape index (κ1) is 23.0. The van der Waals surface area contributed by atoms with Crippen LogP contribution in [0, 0.1) is 0 Å². The maximum absolute atomic E-state index is 3.77. The molecule has 2 N–H and O–H groups in total. The molecule has 2 nitrogen and oxygen atoms in total. The monoisotopic (exact) mass is 452 g/mol. The Morgan fingerprint density at radius 1 is 0.471 bits per heavy atom. The Bertz CT molecular complexity index is 1210. The highest BCUT2D eigenvalue weighted by molar-refractivity contribution is 5.84. The summed E-state index contributed by atoms with van der Waals surface area (Å²) in [6.45, 7) is 23.2. The normalized spacial score (nSPS) is 17.5. The highest BCUT2D eigenvalue weighted by Gasteiger charge is 2.39. The van der Waals surface area contributed by atoms with Crippen LogP contribution in [-0.2, 0) is 21.7 Å². The number of rotatable bonds is 0. The van der Waals surface area contributed by atoms with Crippen molar-refractivity contribution in [3.8, 4) is 0 Å².